The van der Waals surface area contributed by atoms with Gasteiger partial charge in [-0.2, -0.15) is 0 Å². The van der Waals surface area contributed by atoms with Crippen LogP contribution in [0.15, 0.2) is 18.2 Å². The van der Waals surface area contributed by atoms with E-state index in [1.54, 1.807) is 11.9 Å². The average Bonchev–Trinajstić information content (AvgIpc) is 3.12. The number of hydrogen-bond donors (Lipinski definition) is 0. The van der Waals surface area contributed by atoms with Gasteiger partial charge in [0.1, 0.15) is 5.02 Å². The quantitative estimate of drug-likeness (QED) is 0.623. The molecule has 5 nitrogen and oxygen atoms in total. The van der Waals surface area contributed by atoms with Gasteiger partial charge in [0.25, 0.3) is 11.6 Å². The molecule has 0 radical (unpaired) electrons. The molecule has 1 fully saturated rings. The van der Waals surface area contributed by atoms with E-state index in [1.165, 1.54) is 18.2 Å². The molecule has 0 aromatic heterocycles. The molecule has 0 aliphatic heterocycles. The van der Waals surface area contributed by atoms with Gasteiger partial charge in [0.2, 0.25) is 0 Å². The monoisotopic (exact) mass is 268 g/mol. The fraction of sp³-hybridized carbons (Fsp3) is 0.417. The molecule has 0 N–H and O–H groups in total. The van der Waals surface area contributed by atoms with Gasteiger partial charge in [-0.25, -0.2) is 0 Å². The van der Waals surface area contributed by atoms with Crippen molar-refractivity contribution in [2.45, 2.75) is 12.8 Å². The summed E-state index contributed by atoms with van der Waals surface area (Å²) in [5.41, 5.74) is -0.0450. The Morgan fingerprint density at radius 3 is 2.78 bits per heavy atom. The van der Waals surface area contributed by atoms with Crippen molar-refractivity contribution in [3.05, 3.63) is 38.9 Å². The van der Waals surface area contributed by atoms with Crippen LogP contribution in [0.3, 0.4) is 0 Å². The van der Waals surface area contributed by atoms with Crippen molar-refractivity contribution in [3.63, 3.8) is 0 Å². The molecule has 1 aliphatic carbocycles. The third-order valence-corrected chi connectivity index (χ3v) is 3.38. The molecule has 0 atom stereocenters. The number of nitrogens with zero attached hydrogens (tertiary/aromatic N) is 2. The van der Waals surface area contributed by atoms with E-state index in [2.05, 4.69) is 0 Å². The second-order valence-corrected chi connectivity index (χ2v) is 4.90. The molecule has 0 bridgehead atoms. The minimum absolute atomic E-state index is 0.0878. The standard InChI is InChI=1S/C12H13ClN2O3/c1-14(7-8-5-6-8)12(16)9-3-2-4-10(11(9)13)15(17)18/h2-4,8H,5-7H2,1H3. The Morgan fingerprint density at radius 2 is 2.22 bits per heavy atom. The number of carbonyl (C=O) groups excluding carboxylic acids is 1. The molecule has 1 aromatic carbocycles. The summed E-state index contributed by atoms with van der Waals surface area (Å²) in [5, 5.41) is 10.7. The molecule has 1 aromatic rings. The lowest BCUT2D eigenvalue weighted by molar-refractivity contribution is -0.384. The Labute approximate surface area is 109 Å². The normalized spacial score (nSPS) is 14.3. The largest absolute Gasteiger partial charge is 0.341 e. The van der Waals surface area contributed by atoms with Crippen LogP contribution in [0.5, 0.6) is 0 Å². The van der Waals surface area contributed by atoms with E-state index in [4.69, 9.17) is 11.6 Å². The maximum absolute atomic E-state index is 12.1. The van der Waals surface area contributed by atoms with Gasteiger partial charge in [-0.3, -0.25) is 14.9 Å². The minimum atomic E-state index is -0.583. The molecule has 6 heteroatoms. The van der Waals surface area contributed by atoms with E-state index in [0.29, 0.717) is 12.5 Å². The Hall–Kier alpha value is -1.62. The Balaban J connectivity index is 2.23. The van der Waals surface area contributed by atoms with E-state index >= 15 is 0 Å². The number of hydrogen-bond acceptors (Lipinski definition) is 3. The number of carbonyl (C=O) groups is 1. The number of rotatable bonds is 4. The van der Waals surface area contributed by atoms with Crippen LogP contribution in [0.2, 0.25) is 5.02 Å². The van der Waals surface area contributed by atoms with Crippen LogP contribution < -0.4 is 0 Å². The molecule has 1 amide bonds. The van der Waals surface area contributed by atoms with Gasteiger partial charge in [0.05, 0.1) is 10.5 Å². The fourth-order valence-corrected chi connectivity index (χ4v) is 2.08. The molecule has 1 aliphatic rings. The van der Waals surface area contributed by atoms with Crippen molar-refractivity contribution in [1.82, 2.24) is 4.90 Å². The van der Waals surface area contributed by atoms with Crippen molar-refractivity contribution < 1.29 is 9.72 Å². The van der Waals surface area contributed by atoms with Gasteiger partial charge in [0.15, 0.2) is 0 Å². The summed E-state index contributed by atoms with van der Waals surface area (Å²) in [6.45, 7) is 0.678. The number of nitro benzene ring substituents is 1. The van der Waals surface area contributed by atoms with Crippen LogP contribution in [0.4, 0.5) is 5.69 Å². The number of benzene rings is 1. The maximum Gasteiger partial charge on any atom is 0.288 e. The highest BCUT2D eigenvalue weighted by Crippen LogP contribution is 2.31. The zero-order valence-electron chi connectivity index (χ0n) is 9.93. The Bertz CT molecular complexity index is 500. The van der Waals surface area contributed by atoms with Crippen LogP contribution in [-0.2, 0) is 0 Å². The molecule has 18 heavy (non-hydrogen) atoms. The zero-order chi connectivity index (χ0) is 13.3. The third-order valence-electron chi connectivity index (χ3n) is 2.98. The van der Waals surface area contributed by atoms with Crippen molar-refractivity contribution >= 4 is 23.2 Å². The van der Waals surface area contributed by atoms with E-state index in [9.17, 15) is 14.9 Å². The topological polar surface area (TPSA) is 63.5 Å². The van der Waals surface area contributed by atoms with Crippen molar-refractivity contribution in [1.29, 1.82) is 0 Å². The molecule has 96 valence electrons. The second-order valence-electron chi connectivity index (χ2n) is 4.52. The summed E-state index contributed by atoms with van der Waals surface area (Å²) in [4.78, 5) is 23.9. The van der Waals surface area contributed by atoms with Crippen molar-refractivity contribution in [3.8, 4) is 0 Å². The molecule has 2 rings (SSSR count). The van der Waals surface area contributed by atoms with Crippen molar-refractivity contribution in [2.24, 2.45) is 5.92 Å². The highest BCUT2D eigenvalue weighted by atomic mass is 35.5. The minimum Gasteiger partial charge on any atom is -0.341 e. The Kier molecular flexibility index (Phi) is 3.52. The van der Waals surface area contributed by atoms with E-state index in [0.717, 1.165) is 12.8 Å². The lowest BCUT2D eigenvalue weighted by Gasteiger charge is -2.17. The lowest BCUT2D eigenvalue weighted by atomic mass is 10.1. The van der Waals surface area contributed by atoms with E-state index in [1.807, 2.05) is 0 Å². The van der Waals surface area contributed by atoms with Gasteiger partial charge in [-0.1, -0.05) is 17.7 Å². The molecule has 0 spiro atoms. The van der Waals surface area contributed by atoms with Crippen LogP contribution in [-0.4, -0.2) is 29.3 Å². The third kappa shape index (κ3) is 2.61. The summed E-state index contributed by atoms with van der Waals surface area (Å²) in [5.74, 6) is 0.298. The van der Waals surface area contributed by atoms with Crippen LogP contribution in [0.1, 0.15) is 23.2 Å². The Morgan fingerprint density at radius 1 is 1.56 bits per heavy atom. The number of halogens is 1. The molecular formula is C12H13ClN2O3. The molecule has 0 heterocycles. The highest BCUT2D eigenvalue weighted by Gasteiger charge is 2.27. The molecule has 0 unspecified atom stereocenters. The first kappa shape index (κ1) is 12.8. The van der Waals surface area contributed by atoms with E-state index in [-0.39, 0.29) is 22.2 Å². The van der Waals surface area contributed by atoms with Gasteiger partial charge in [0, 0.05) is 19.7 Å². The molecule has 0 saturated heterocycles. The van der Waals surface area contributed by atoms with E-state index < -0.39 is 4.92 Å². The smallest absolute Gasteiger partial charge is 0.288 e. The predicted octanol–water partition coefficient (Wildman–Crippen LogP) is 2.73. The zero-order valence-corrected chi connectivity index (χ0v) is 10.7. The predicted molar refractivity (Wildman–Crippen MR) is 67.8 cm³/mol. The van der Waals surface area contributed by atoms with Crippen molar-refractivity contribution in [2.75, 3.05) is 13.6 Å². The summed E-state index contributed by atoms with van der Waals surface area (Å²) in [7, 11) is 1.69. The first-order valence-electron chi connectivity index (χ1n) is 5.69. The first-order valence-corrected chi connectivity index (χ1v) is 6.07. The highest BCUT2D eigenvalue weighted by molar-refractivity contribution is 6.35. The molecular weight excluding hydrogens is 256 g/mol. The van der Waals surface area contributed by atoms with Gasteiger partial charge >= 0.3 is 0 Å². The van der Waals surface area contributed by atoms with Crippen LogP contribution in [0, 0.1) is 16.0 Å². The van der Waals surface area contributed by atoms with Crippen LogP contribution >= 0.6 is 11.6 Å². The molecule has 1 saturated carbocycles. The maximum atomic E-state index is 12.1. The second kappa shape index (κ2) is 4.94. The summed E-state index contributed by atoms with van der Waals surface area (Å²) in [6.07, 6.45) is 2.28. The first-order chi connectivity index (χ1) is 8.50. The summed E-state index contributed by atoms with van der Waals surface area (Å²) < 4.78 is 0. The van der Waals surface area contributed by atoms with Gasteiger partial charge in [-0.05, 0) is 24.8 Å². The summed E-state index contributed by atoms with van der Waals surface area (Å²) >= 11 is 5.91. The fourth-order valence-electron chi connectivity index (χ4n) is 1.80. The summed E-state index contributed by atoms with van der Waals surface area (Å²) in [6, 6.07) is 4.28. The SMILES string of the molecule is CN(CC1CC1)C(=O)c1cccc([N+](=O)[O-])c1Cl. The van der Waals surface area contributed by atoms with Crippen LogP contribution in [0.25, 0.3) is 0 Å². The average molecular weight is 269 g/mol. The number of amides is 1. The number of nitro groups is 1. The van der Waals surface area contributed by atoms with Gasteiger partial charge in [-0.15, -0.1) is 0 Å². The van der Waals surface area contributed by atoms with Gasteiger partial charge < -0.3 is 4.90 Å². The lowest BCUT2D eigenvalue weighted by Crippen LogP contribution is -2.29.